The van der Waals surface area contributed by atoms with Crippen LogP contribution >= 0.6 is 0 Å². The molecule has 0 radical (unpaired) electrons. The fourth-order valence-electron chi connectivity index (χ4n) is 2.96. The third-order valence-electron chi connectivity index (χ3n) is 3.91. The number of imidazole rings is 1. The first-order chi connectivity index (χ1) is 8.50. The van der Waals surface area contributed by atoms with E-state index in [9.17, 15) is 9.90 Å². The van der Waals surface area contributed by atoms with Crippen molar-refractivity contribution >= 4 is 5.97 Å². The number of carbonyl (C=O) groups is 1. The van der Waals surface area contributed by atoms with Crippen LogP contribution in [0, 0.1) is 12.8 Å². The molecule has 4 heteroatoms. The second-order valence-corrected chi connectivity index (χ2v) is 5.67. The molecule has 0 amide bonds. The zero-order valence-corrected chi connectivity index (χ0v) is 11.4. The van der Waals surface area contributed by atoms with Crippen molar-refractivity contribution in [2.75, 3.05) is 0 Å². The molecule has 1 aromatic heterocycles. The standard InChI is InChI=1S/C14H22N2O2/c1-8(2)11(14(17)18)13-15-9(3)12(16-13)10-6-4-5-7-10/h8,10-11H,4-7H2,1-3H3,(H,15,16)(H,17,18). The maximum Gasteiger partial charge on any atom is 0.314 e. The lowest BCUT2D eigenvalue weighted by Crippen LogP contribution is -2.19. The molecular weight excluding hydrogens is 228 g/mol. The summed E-state index contributed by atoms with van der Waals surface area (Å²) in [5.74, 6) is -0.131. The lowest BCUT2D eigenvalue weighted by Gasteiger charge is -2.13. The van der Waals surface area contributed by atoms with Gasteiger partial charge < -0.3 is 10.1 Å². The molecule has 2 rings (SSSR count). The summed E-state index contributed by atoms with van der Waals surface area (Å²) in [4.78, 5) is 19.1. The van der Waals surface area contributed by atoms with Crippen LogP contribution < -0.4 is 0 Å². The molecule has 1 saturated carbocycles. The highest BCUT2D eigenvalue weighted by atomic mass is 16.4. The monoisotopic (exact) mass is 250 g/mol. The highest BCUT2D eigenvalue weighted by Crippen LogP contribution is 2.35. The van der Waals surface area contributed by atoms with Gasteiger partial charge in [-0.15, -0.1) is 0 Å². The molecule has 1 aliphatic rings. The molecule has 100 valence electrons. The van der Waals surface area contributed by atoms with Gasteiger partial charge in [-0.1, -0.05) is 26.7 Å². The van der Waals surface area contributed by atoms with Crippen molar-refractivity contribution in [3.8, 4) is 0 Å². The van der Waals surface area contributed by atoms with Crippen LogP contribution in [0.25, 0.3) is 0 Å². The Morgan fingerprint density at radius 1 is 1.39 bits per heavy atom. The van der Waals surface area contributed by atoms with Crippen molar-refractivity contribution in [3.63, 3.8) is 0 Å². The molecule has 1 unspecified atom stereocenters. The molecule has 1 heterocycles. The summed E-state index contributed by atoms with van der Waals surface area (Å²) in [5.41, 5.74) is 2.14. The number of aryl methyl sites for hydroxylation is 1. The highest BCUT2D eigenvalue weighted by Gasteiger charge is 2.29. The second kappa shape index (κ2) is 5.12. The van der Waals surface area contributed by atoms with Gasteiger partial charge in [0.05, 0.1) is 5.69 Å². The summed E-state index contributed by atoms with van der Waals surface area (Å²) < 4.78 is 0. The lowest BCUT2D eigenvalue weighted by atomic mass is 9.95. The van der Waals surface area contributed by atoms with E-state index in [0.717, 1.165) is 11.4 Å². The molecular formula is C14H22N2O2. The number of carboxylic acids is 1. The van der Waals surface area contributed by atoms with Gasteiger partial charge in [0.25, 0.3) is 0 Å². The molecule has 0 spiro atoms. The predicted octanol–water partition coefficient (Wildman–Crippen LogP) is 3.20. The maximum absolute atomic E-state index is 11.3. The largest absolute Gasteiger partial charge is 0.481 e. The Labute approximate surface area is 108 Å². The number of nitrogens with one attached hydrogen (secondary N) is 1. The minimum absolute atomic E-state index is 0.0458. The Morgan fingerprint density at radius 3 is 2.50 bits per heavy atom. The number of H-pyrrole nitrogens is 1. The van der Waals surface area contributed by atoms with Crippen molar-refractivity contribution in [2.45, 2.75) is 58.3 Å². The van der Waals surface area contributed by atoms with Gasteiger partial charge in [0.15, 0.2) is 0 Å². The maximum atomic E-state index is 11.3. The number of aliphatic carboxylic acids is 1. The van der Waals surface area contributed by atoms with Gasteiger partial charge in [-0.3, -0.25) is 4.79 Å². The third-order valence-corrected chi connectivity index (χ3v) is 3.91. The molecule has 0 aliphatic heterocycles. The van der Waals surface area contributed by atoms with E-state index < -0.39 is 11.9 Å². The van der Waals surface area contributed by atoms with Crippen molar-refractivity contribution < 1.29 is 9.90 Å². The van der Waals surface area contributed by atoms with Gasteiger partial charge in [0.2, 0.25) is 0 Å². The first kappa shape index (κ1) is 13.1. The first-order valence-corrected chi connectivity index (χ1v) is 6.80. The van der Waals surface area contributed by atoms with Crippen molar-refractivity contribution in [1.29, 1.82) is 0 Å². The molecule has 18 heavy (non-hydrogen) atoms. The summed E-state index contributed by atoms with van der Waals surface area (Å²) in [6, 6.07) is 0. The molecule has 2 N–H and O–H groups in total. The zero-order valence-electron chi connectivity index (χ0n) is 11.4. The quantitative estimate of drug-likeness (QED) is 0.862. The number of carboxylic acid groups (broad SMARTS) is 1. The van der Waals surface area contributed by atoms with Crippen LogP contribution in [0.15, 0.2) is 0 Å². The molecule has 0 saturated heterocycles. The fraction of sp³-hybridized carbons (Fsp3) is 0.714. The molecule has 1 atom stereocenters. The molecule has 1 aromatic rings. The van der Waals surface area contributed by atoms with Crippen LogP contribution in [0.5, 0.6) is 0 Å². The van der Waals surface area contributed by atoms with E-state index in [2.05, 4.69) is 9.97 Å². The Kier molecular flexibility index (Phi) is 3.73. The number of aromatic nitrogens is 2. The van der Waals surface area contributed by atoms with E-state index in [1.165, 1.54) is 25.7 Å². The predicted molar refractivity (Wildman–Crippen MR) is 69.7 cm³/mol. The van der Waals surface area contributed by atoms with Crippen molar-refractivity contribution in [2.24, 2.45) is 5.92 Å². The van der Waals surface area contributed by atoms with Gasteiger partial charge in [-0.2, -0.15) is 0 Å². The van der Waals surface area contributed by atoms with Gasteiger partial charge in [-0.05, 0) is 25.7 Å². The average Bonchev–Trinajstić information content (AvgIpc) is 2.86. The van der Waals surface area contributed by atoms with Gasteiger partial charge in [0.1, 0.15) is 11.7 Å². The Bertz CT molecular complexity index is 431. The first-order valence-electron chi connectivity index (χ1n) is 6.80. The van der Waals surface area contributed by atoms with Gasteiger partial charge in [0, 0.05) is 11.6 Å². The smallest absolute Gasteiger partial charge is 0.314 e. The normalized spacial score (nSPS) is 18.4. The minimum Gasteiger partial charge on any atom is -0.481 e. The molecule has 0 bridgehead atoms. The summed E-state index contributed by atoms with van der Waals surface area (Å²) in [6.45, 7) is 5.85. The van der Waals surface area contributed by atoms with E-state index in [4.69, 9.17) is 0 Å². The fourth-order valence-corrected chi connectivity index (χ4v) is 2.96. The zero-order chi connectivity index (χ0) is 13.3. The highest BCUT2D eigenvalue weighted by molar-refractivity contribution is 5.75. The van der Waals surface area contributed by atoms with Crippen molar-refractivity contribution in [1.82, 2.24) is 9.97 Å². The van der Waals surface area contributed by atoms with E-state index in [-0.39, 0.29) is 5.92 Å². The van der Waals surface area contributed by atoms with Crippen LogP contribution in [0.1, 0.15) is 68.6 Å². The molecule has 1 fully saturated rings. The van der Waals surface area contributed by atoms with Crippen molar-refractivity contribution in [3.05, 3.63) is 17.2 Å². The average molecular weight is 250 g/mol. The van der Waals surface area contributed by atoms with E-state index in [0.29, 0.717) is 11.7 Å². The van der Waals surface area contributed by atoms with Crippen LogP contribution in [0.4, 0.5) is 0 Å². The van der Waals surface area contributed by atoms with Gasteiger partial charge >= 0.3 is 5.97 Å². The molecule has 0 aromatic carbocycles. The summed E-state index contributed by atoms with van der Waals surface area (Å²) in [6.07, 6.45) is 4.90. The summed E-state index contributed by atoms with van der Waals surface area (Å²) in [7, 11) is 0. The van der Waals surface area contributed by atoms with Crippen LogP contribution in [0.3, 0.4) is 0 Å². The second-order valence-electron chi connectivity index (χ2n) is 5.67. The number of aromatic amines is 1. The lowest BCUT2D eigenvalue weighted by molar-refractivity contribution is -0.140. The van der Waals surface area contributed by atoms with E-state index in [1.54, 1.807) is 0 Å². The number of nitrogens with zero attached hydrogens (tertiary/aromatic N) is 1. The number of rotatable bonds is 4. The van der Waals surface area contributed by atoms with E-state index in [1.807, 2.05) is 20.8 Å². The SMILES string of the molecule is Cc1[nH]c(C(C(=O)O)C(C)C)nc1C1CCCC1. The van der Waals surface area contributed by atoms with Crippen LogP contribution in [-0.4, -0.2) is 21.0 Å². The summed E-state index contributed by atoms with van der Waals surface area (Å²) >= 11 is 0. The summed E-state index contributed by atoms with van der Waals surface area (Å²) in [5, 5.41) is 9.30. The topological polar surface area (TPSA) is 66.0 Å². The minimum atomic E-state index is -0.795. The van der Waals surface area contributed by atoms with Crippen LogP contribution in [0.2, 0.25) is 0 Å². The Morgan fingerprint density at radius 2 is 2.00 bits per heavy atom. The molecule has 4 nitrogen and oxygen atoms in total. The van der Waals surface area contributed by atoms with Crippen LogP contribution in [-0.2, 0) is 4.79 Å². The third kappa shape index (κ3) is 2.42. The Balaban J connectivity index is 2.29. The number of hydrogen-bond donors (Lipinski definition) is 2. The van der Waals surface area contributed by atoms with Gasteiger partial charge in [-0.25, -0.2) is 4.98 Å². The number of hydrogen-bond acceptors (Lipinski definition) is 2. The Hall–Kier alpha value is -1.32. The molecule has 1 aliphatic carbocycles. The van der Waals surface area contributed by atoms with E-state index >= 15 is 0 Å².